The van der Waals surface area contributed by atoms with E-state index < -0.39 is 0 Å². The molecule has 0 spiro atoms. The first-order valence-corrected chi connectivity index (χ1v) is 9.86. The van der Waals surface area contributed by atoms with E-state index in [-0.39, 0.29) is 5.91 Å². The minimum Gasteiger partial charge on any atom is -0.339 e. The molecule has 0 aliphatic carbocycles. The van der Waals surface area contributed by atoms with Gasteiger partial charge in [0, 0.05) is 18.5 Å². The van der Waals surface area contributed by atoms with Crippen molar-refractivity contribution < 1.29 is 9.32 Å². The van der Waals surface area contributed by atoms with Gasteiger partial charge in [0.15, 0.2) is 0 Å². The second kappa shape index (κ2) is 8.76. The molecule has 5 nitrogen and oxygen atoms in total. The van der Waals surface area contributed by atoms with E-state index in [1.165, 1.54) is 11.1 Å². The van der Waals surface area contributed by atoms with E-state index in [9.17, 15) is 4.79 Å². The van der Waals surface area contributed by atoms with Crippen molar-refractivity contribution >= 4 is 22.9 Å². The number of benzene rings is 1. The zero-order valence-electron chi connectivity index (χ0n) is 15.1. The molecule has 0 aliphatic rings. The van der Waals surface area contributed by atoms with Crippen molar-refractivity contribution in [3.63, 3.8) is 0 Å². The quantitative estimate of drug-likeness (QED) is 0.614. The molecule has 6 heteroatoms. The number of nitrogens with zero attached hydrogens (tertiary/aromatic N) is 2. The average Bonchev–Trinajstić information content (AvgIpc) is 3.33. The van der Waals surface area contributed by atoms with Crippen molar-refractivity contribution in [2.75, 3.05) is 5.32 Å². The maximum atomic E-state index is 12.4. The molecule has 0 bridgehead atoms. The molecule has 1 N–H and O–H groups in total. The summed E-state index contributed by atoms with van der Waals surface area (Å²) in [5, 5.41) is 9.06. The number of rotatable bonds is 8. The van der Waals surface area contributed by atoms with E-state index in [0.29, 0.717) is 31.0 Å². The predicted octanol–water partition coefficient (Wildman–Crippen LogP) is 4.88. The lowest BCUT2D eigenvalue weighted by Gasteiger charge is -2.14. The molecule has 0 saturated heterocycles. The smallest absolute Gasteiger partial charge is 0.226 e. The zero-order valence-corrected chi connectivity index (χ0v) is 15.9. The van der Waals surface area contributed by atoms with Crippen LogP contribution in [0.3, 0.4) is 0 Å². The second-order valence-electron chi connectivity index (χ2n) is 6.05. The molecule has 1 amide bonds. The molecule has 0 fully saturated rings. The third-order valence-corrected chi connectivity index (χ3v) is 5.13. The summed E-state index contributed by atoms with van der Waals surface area (Å²) in [5.41, 5.74) is 3.32. The summed E-state index contributed by atoms with van der Waals surface area (Å²) in [6, 6.07) is 10.1. The Morgan fingerprint density at radius 3 is 2.58 bits per heavy atom. The first-order chi connectivity index (χ1) is 12.7. The maximum Gasteiger partial charge on any atom is 0.226 e. The number of nitrogens with one attached hydrogen (secondary N) is 1. The van der Waals surface area contributed by atoms with E-state index in [1.807, 2.05) is 23.6 Å². The number of para-hydroxylation sites is 1. The molecular formula is C20H23N3O2S. The van der Waals surface area contributed by atoms with E-state index in [4.69, 9.17) is 4.52 Å². The van der Waals surface area contributed by atoms with Crippen LogP contribution in [-0.2, 0) is 24.1 Å². The van der Waals surface area contributed by atoms with Crippen LogP contribution in [-0.4, -0.2) is 16.0 Å². The van der Waals surface area contributed by atoms with Crippen LogP contribution in [0.1, 0.15) is 43.7 Å². The molecule has 0 aliphatic heterocycles. The number of anilines is 1. The molecule has 3 aromatic rings. The highest BCUT2D eigenvalue weighted by atomic mass is 32.1. The molecule has 26 heavy (non-hydrogen) atoms. The van der Waals surface area contributed by atoms with Crippen molar-refractivity contribution in [1.82, 2.24) is 10.1 Å². The van der Waals surface area contributed by atoms with E-state index in [2.05, 4.69) is 41.4 Å². The monoisotopic (exact) mass is 369 g/mol. The van der Waals surface area contributed by atoms with Crippen LogP contribution in [0, 0.1) is 0 Å². The fourth-order valence-electron chi connectivity index (χ4n) is 2.87. The van der Waals surface area contributed by atoms with Crippen LogP contribution >= 0.6 is 11.3 Å². The lowest BCUT2D eigenvalue weighted by molar-refractivity contribution is -0.116. The Balaban J connectivity index is 1.54. The highest BCUT2D eigenvalue weighted by Gasteiger charge is 2.12. The maximum absolute atomic E-state index is 12.4. The van der Waals surface area contributed by atoms with Gasteiger partial charge >= 0.3 is 0 Å². The van der Waals surface area contributed by atoms with Gasteiger partial charge in [-0.1, -0.05) is 43.3 Å². The lowest BCUT2D eigenvalue weighted by Crippen LogP contribution is -2.14. The summed E-state index contributed by atoms with van der Waals surface area (Å²) in [4.78, 5) is 17.7. The number of carbonyl (C=O) groups excluding carboxylic acids is 1. The fourth-order valence-corrected chi connectivity index (χ4v) is 3.52. The molecule has 2 aromatic heterocycles. The van der Waals surface area contributed by atoms with Crippen LogP contribution in [0.4, 0.5) is 5.69 Å². The number of hydrogen-bond acceptors (Lipinski definition) is 5. The van der Waals surface area contributed by atoms with Gasteiger partial charge in [-0.15, -0.1) is 11.3 Å². The zero-order chi connectivity index (χ0) is 18.4. The number of amides is 1. The SMILES string of the molecule is CCc1cccc(CC)c1NC(=O)CCCc1nc(-c2cccs2)no1. The molecule has 0 unspecified atom stereocenters. The predicted molar refractivity (Wildman–Crippen MR) is 104 cm³/mol. The Labute approximate surface area is 157 Å². The summed E-state index contributed by atoms with van der Waals surface area (Å²) in [7, 11) is 0. The second-order valence-corrected chi connectivity index (χ2v) is 7.00. The van der Waals surface area contributed by atoms with Gasteiger partial charge < -0.3 is 9.84 Å². The third kappa shape index (κ3) is 4.38. The number of thiophene rings is 1. The van der Waals surface area contributed by atoms with E-state index in [1.54, 1.807) is 11.3 Å². The fraction of sp³-hybridized carbons (Fsp3) is 0.350. The summed E-state index contributed by atoms with van der Waals surface area (Å²) >= 11 is 1.58. The molecule has 3 rings (SSSR count). The number of carbonyl (C=O) groups is 1. The highest BCUT2D eigenvalue weighted by molar-refractivity contribution is 7.13. The summed E-state index contributed by atoms with van der Waals surface area (Å²) in [6.07, 6.45) is 3.50. The van der Waals surface area contributed by atoms with Gasteiger partial charge in [-0.05, 0) is 41.8 Å². The van der Waals surface area contributed by atoms with Crippen molar-refractivity contribution in [2.24, 2.45) is 0 Å². The van der Waals surface area contributed by atoms with Crippen molar-refractivity contribution in [1.29, 1.82) is 0 Å². The molecule has 0 radical (unpaired) electrons. The molecule has 0 saturated carbocycles. The van der Waals surface area contributed by atoms with E-state index in [0.717, 1.165) is 23.4 Å². The highest BCUT2D eigenvalue weighted by Crippen LogP contribution is 2.23. The van der Waals surface area contributed by atoms with Gasteiger partial charge in [-0.25, -0.2) is 0 Å². The molecule has 136 valence electrons. The third-order valence-electron chi connectivity index (χ3n) is 4.27. The van der Waals surface area contributed by atoms with Crippen molar-refractivity contribution in [3.8, 4) is 10.7 Å². The summed E-state index contributed by atoms with van der Waals surface area (Å²) < 4.78 is 5.28. The minimum atomic E-state index is 0.0265. The largest absolute Gasteiger partial charge is 0.339 e. The number of aromatic nitrogens is 2. The van der Waals surface area contributed by atoms with Crippen LogP contribution in [0.5, 0.6) is 0 Å². The summed E-state index contributed by atoms with van der Waals surface area (Å²) in [5.74, 6) is 1.21. The number of hydrogen-bond donors (Lipinski definition) is 1. The van der Waals surface area contributed by atoms with Gasteiger partial charge in [-0.2, -0.15) is 4.98 Å². The van der Waals surface area contributed by atoms with E-state index >= 15 is 0 Å². The topological polar surface area (TPSA) is 68.0 Å². The van der Waals surface area contributed by atoms with Gasteiger partial charge in [-0.3, -0.25) is 4.79 Å². The lowest BCUT2D eigenvalue weighted by atomic mass is 10.0. The minimum absolute atomic E-state index is 0.0265. The Hall–Kier alpha value is -2.47. The molecule has 1 aromatic carbocycles. The average molecular weight is 369 g/mol. The Kier molecular flexibility index (Phi) is 6.17. The van der Waals surface area contributed by atoms with Crippen molar-refractivity contribution in [3.05, 3.63) is 52.7 Å². The Bertz CT molecular complexity index is 834. The van der Waals surface area contributed by atoms with Gasteiger partial charge in [0.1, 0.15) is 0 Å². The van der Waals surface area contributed by atoms with Crippen LogP contribution in [0.25, 0.3) is 10.7 Å². The molecular weight excluding hydrogens is 346 g/mol. The van der Waals surface area contributed by atoms with Gasteiger partial charge in [0.05, 0.1) is 4.88 Å². The van der Waals surface area contributed by atoms with Crippen LogP contribution in [0.15, 0.2) is 40.2 Å². The van der Waals surface area contributed by atoms with Gasteiger partial charge in [0.25, 0.3) is 0 Å². The molecule has 0 atom stereocenters. The summed E-state index contributed by atoms with van der Waals surface area (Å²) in [6.45, 7) is 4.20. The normalized spacial score (nSPS) is 10.8. The van der Waals surface area contributed by atoms with Crippen molar-refractivity contribution in [2.45, 2.75) is 46.0 Å². The standard InChI is InChI=1S/C20H23N3O2S/c1-3-14-8-5-9-15(4-2)19(14)21-17(24)11-6-12-18-22-20(23-25-18)16-10-7-13-26-16/h5,7-10,13H,3-4,6,11-12H2,1-2H3,(H,21,24). The molecule has 2 heterocycles. The Morgan fingerprint density at radius 2 is 1.92 bits per heavy atom. The first-order valence-electron chi connectivity index (χ1n) is 8.98. The van der Waals surface area contributed by atoms with Gasteiger partial charge in [0.2, 0.25) is 17.6 Å². The van der Waals surface area contributed by atoms with Crippen LogP contribution in [0.2, 0.25) is 0 Å². The van der Waals surface area contributed by atoms with Crippen LogP contribution < -0.4 is 5.32 Å². The Morgan fingerprint density at radius 1 is 1.15 bits per heavy atom. The number of aryl methyl sites for hydroxylation is 3. The first kappa shape index (κ1) is 18.3.